The second-order valence-electron chi connectivity index (χ2n) is 7.60. The van der Waals surface area contributed by atoms with Gasteiger partial charge in [-0.05, 0) is 44.5 Å². The minimum Gasteiger partial charge on any atom is -0.435 e. The first-order chi connectivity index (χ1) is 15.6. The highest BCUT2D eigenvalue weighted by Gasteiger charge is 2.15. The fourth-order valence-electron chi connectivity index (χ4n) is 3.54. The van der Waals surface area contributed by atoms with Gasteiger partial charge in [-0.25, -0.2) is 14.4 Å². The van der Waals surface area contributed by atoms with E-state index in [9.17, 15) is 4.39 Å². The summed E-state index contributed by atoms with van der Waals surface area (Å²) in [5.41, 5.74) is 7.84. The summed E-state index contributed by atoms with van der Waals surface area (Å²) in [6.45, 7) is 6.91. The lowest BCUT2D eigenvalue weighted by atomic mass is 10.2. The Balaban J connectivity index is 1.35. The number of ether oxygens (including phenoxy) is 2. The molecule has 1 fully saturated rings. The van der Waals surface area contributed by atoms with Gasteiger partial charge in [-0.15, -0.1) is 0 Å². The molecule has 0 radical (unpaired) electrons. The Morgan fingerprint density at radius 2 is 2.12 bits per heavy atom. The van der Waals surface area contributed by atoms with Crippen molar-refractivity contribution in [3.05, 3.63) is 41.6 Å². The van der Waals surface area contributed by atoms with Crippen LogP contribution in [-0.4, -0.2) is 65.5 Å². The molecule has 1 aliphatic heterocycles. The molecule has 0 unspecified atom stereocenters. The molecule has 0 spiro atoms. The molecule has 1 aromatic carbocycles. The van der Waals surface area contributed by atoms with Crippen LogP contribution in [-0.2, 0) is 9.57 Å². The van der Waals surface area contributed by atoms with E-state index in [0.29, 0.717) is 23.1 Å². The number of fused-ring (bicyclic) bond motifs is 1. The average Bonchev–Trinajstić information content (AvgIpc) is 3.18. The summed E-state index contributed by atoms with van der Waals surface area (Å²) in [6, 6.07) is 5.01. The summed E-state index contributed by atoms with van der Waals surface area (Å²) in [7, 11) is 0. The van der Waals surface area contributed by atoms with Gasteiger partial charge in [-0.3, -0.25) is 4.90 Å². The summed E-state index contributed by atoms with van der Waals surface area (Å²) < 4.78 is 25.9. The van der Waals surface area contributed by atoms with Gasteiger partial charge in [0.25, 0.3) is 0 Å². The van der Waals surface area contributed by atoms with Crippen molar-refractivity contribution in [1.82, 2.24) is 19.9 Å². The molecular weight excluding hydrogens is 415 g/mol. The predicted molar refractivity (Wildman–Crippen MR) is 120 cm³/mol. The molecular formula is C22H27FN6O3. The number of oxime groups is 1. The van der Waals surface area contributed by atoms with E-state index in [1.54, 1.807) is 12.1 Å². The zero-order valence-corrected chi connectivity index (χ0v) is 18.0. The number of hydrogen-bond donors (Lipinski definition) is 2. The lowest BCUT2D eigenvalue weighted by Gasteiger charge is -2.26. The third-order valence-electron chi connectivity index (χ3n) is 5.24. The number of benzene rings is 1. The van der Waals surface area contributed by atoms with E-state index >= 15 is 0 Å². The normalized spacial score (nSPS) is 14.9. The molecule has 3 N–H and O–H groups in total. The molecule has 4 rings (SSSR count). The van der Waals surface area contributed by atoms with Crippen molar-refractivity contribution in [3.63, 3.8) is 0 Å². The number of halogens is 1. The summed E-state index contributed by atoms with van der Waals surface area (Å²) in [4.78, 5) is 18.9. The van der Waals surface area contributed by atoms with Crippen LogP contribution in [0.25, 0.3) is 10.9 Å². The first kappa shape index (κ1) is 22.0. The number of morpholine rings is 1. The number of nitrogens with one attached hydrogen (secondary N) is 1. The molecule has 9 nitrogen and oxygen atoms in total. The van der Waals surface area contributed by atoms with E-state index in [-0.39, 0.29) is 17.4 Å². The Bertz CT molecular complexity index is 1080. The second kappa shape index (κ2) is 10.4. The quantitative estimate of drug-likeness (QED) is 0.297. The van der Waals surface area contributed by atoms with Gasteiger partial charge in [-0.1, -0.05) is 5.16 Å². The molecule has 1 aliphatic rings. The summed E-state index contributed by atoms with van der Waals surface area (Å²) >= 11 is 0. The number of anilines is 1. The van der Waals surface area contributed by atoms with Crippen LogP contribution in [0.4, 0.5) is 10.2 Å². The van der Waals surface area contributed by atoms with Gasteiger partial charge >= 0.3 is 0 Å². The topological polar surface area (TPSA) is 111 Å². The lowest BCUT2D eigenvalue weighted by Crippen LogP contribution is -2.36. The maximum absolute atomic E-state index is 14.9. The highest BCUT2D eigenvalue weighted by molar-refractivity contribution is 5.88. The van der Waals surface area contributed by atoms with Crippen LogP contribution in [0.5, 0.6) is 11.6 Å². The molecule has 3 aromatic rings. The Morgan fingerprint density at radius 3 is 2.97 bits per heavy atom. The number of hydrogen-bond acceptors (Lipinski definition) is 8. The zero-order valence-electron chi connectivity index (χ0n) is 18.0. The molecule has 0 bridgehead atoms. The number of aromatic amines is 1. The van der Waals surface area contributed by atoms with Crippen molar-refractivity contribution in [2.24, 2.45) is 5.16 Å². The van der Waals surface area contributed by atoms with Crippen molar-refractivity contribution in [3.8, 4) is 11.6 Å². The zero-order chi connectivity index (χ0) is 22.3. The third-order valence-corrected chi connectivity index (χ3v) is 5.24. The van der Waals surface area contributed by atoms with E-state index < -0.39 is 5.82 Å². The van der Waals surface area contributed by atoms with E-state index in [1.165, 1.54) is 18.6 Å². The van der Waals surface area contributed by atoms with Gasteiger partial charge in [0.05, 0.1) is 19.4 Å². The number of nitrogens with two attached hydrogens (primary N) is 1. The predicted octanol–water partition coefficient (Wildman–Crippen LogP) is 3.24. The number of aryl methyl sites for hydroxylation is 1. The Morgan fingerprint density at radius 1 is 1.28 bits per heavy atom. The number of aromatic nitrogens is 3. The van der Waals surface area contributed by atoms with Crippen LogP contribution in [0.2, 0.25) is 0 Å². The fraction of sp³-hybridized carbons (Fsp3) is 0.409. The number of H-pyrrole nitrogens is 1. The average molecular weight is 442 g/mol. The van der Waals surface area contributed by atoms with E-state index in [4.69, 9.17) is 20.0 Å². The standard InChI is InChI=1S/C22H27FN6O3/c1-15-12-16-18(28-15)4-5-19(20(16)23)32-22-17(21(24)25-14-26-22)13-27-31-9-3-2-6-29-7-10-30-11-8-29/h4-5,12-14,28H,2-3,6-11H2,1H3,(H2,24,25,26)/b27-13+. The number of unbranched alkanes of at least 4 members (excludes halogenated alkanes) is 1. The number of nitrogen functional groups attached to an aromatic ring is 1. The molecule has 32 heavy (non-hydrogen) atoms. The van der Waals surface area contributed by atoms with Crippen LogP contribution in [0.1, 0.15) is 24.1 Å². The monoisotopic (exact) mass is 442 g/mol. The Kier molecular flexibility index (Phi) is 7.13. The highest BCUT2D eigenvalue weighted by atomic mass is 19.1. The SMILES string of the molecule is Cc1cc2c(F)c(Oc3ncnc(N)c3/C=N/OCCCCN3CCOCC3)ccc2[nH]1. The van der Waals surface area contributed by atoms with Crippen molar-refractivity contribution >= 4 is 22.9 Å². The van der Waals surface area contributed by atoms with Gasteiger partial charge in [0.15, 0.2) is 11.6 Å². The van der Waals surface area contributed by atoms with E-state index in [2.05, 4.69) is 25.0 Å². The Hall–Kier alpha value is -3.24. The second-order valence-corrected chi connectivity index (χ2v) is 7.60. The van der Waals surface area contributed by atoms with Gasteiger partial charge in [-0.2, -0.15) is 0 Å². The van der Waals surface area contributed by atoms with Crippen molar-refractivity contribution < 1.29 is 18.7 Å². The first-order valence-corrected chi connectivity index (χ1v) is 10.6. The first-order valence-electron chi connectivity index (χ1n) is 10.6. The van der Waals surface area contributed by atoms with Gasteiger partial charge in [0.1, 0.15) is 24.3 Å². The van der Waals surface area contributed by atoms with Crippen molar-refractivity contribution in [2.75, 3.05) is 45.2 Å². The molecule has 3 heterocycles. The van der Waals surface area contributed by atoms with Crippen molar-refractivity contribution in [1.29, 1.82) is 0 Å². The number of nitrogens with zero attached hydrogens (tertiary/aromatic N) is 4. The van der Waals surface area contributed by atoms with Crippen LogP contribution in [0.3, 0.4) is 0 Å². The summed E-state index contributed by atoms with van der Waals surface area (Å²) in [5.74, 6) is -0.187. The van der Waals surface area contributed by atoms with E-state index in [1.807, 2.05) is 6.92 Å². The molecule has 1 saturated heterocycles. The highest BCUT2D eigenvalue weighted by Crippen LogP contribution is 2.31. The van der Waals surface area contributed by atoms with Crippen LogP contribution in [0.15, 0.2) is 29.7 Å². The maximum Gasteiger partial charge on any atom is 0.233 e. The van der Waals surface area contributed by atoms with E-state index in [0.717, 1.165) is 51.4 Å². The smallest absolute Gasteiger partial charge is 0.233 e. The van der Waals surface area contributed by atoms with Gasteiger partial charge in [0, 0.05) is 29.7 Å². The molecule has 0 saturated carbocycles. The number of rotatable bonds is 9. The minimum absolute atomic E-state index is 0.0354. The van der Waals surface area contributed by atoms with Gasteiger partial charge < -0.3 is 25.0 Å². The van der Waals surface area contributed by atoms with Crippen LogP contribution in [0, 0.1) is 12.7 Å². The van der Waals surface area contributed by atoms with Crippen molar-refractivity contribution in [2.45, 2.75) is 19.8 Å². The van der Waals surface area contributed by atoms with Crippen LogP contribution >= 0.6 is 0 Å². The lowest BCUT2D eigenvalue weighted by molar-refractivity contribution is 0.0358. The molecule has 0 aliphatic carbocycles. The third kappa shape index (κ3) is 5.32. The Labute approximate surface area is 185 Å². The molecule has 0 amide bonds. The van der Waals surface area contributed by atoms with Gasteiger partial charge in [0.2, 0.25) is 5.88 Å². The fourth-order valence-corrected chi connectivity index (χ4v) is 3.54. The minimum atomic E-state index is -0.483. The summed E-state index contributed by atoms with van der Waals surface area (Å²) in [6.07, 6.45) is 4.54. The molecule has 0 atom stereocenters. The van der Waals surface area contributed by atoms with Crippen LogP contribution < -0.4 is 10.5 Å². The largest absolute Gasteiger partial charge is 0.435 e. The summed E-state index contributed by atoms with van der Waals surface area (Å²) in [5, 5.41) is 4.41. The molecule has 170 valence electrons. The maximum atomic E-state index is 14.9. The molecule has 2 aromatic heterocycles. The molecule has 10 heteroatoms.